The first-order valence-corrected chi connectivity index (χ1v) is 23.1. The van der Waals surface area contributed by atoms with Crippen molar-refractivity contribution < 1.29 is 56.2 Å². The molecule has 1 aliphatic heterocycles. The smallest absolute Gasteiger partial charge is 0.397 e. The Hall–Kier alpha value is -2.46. The lowest BCUT2D eigenvalue weighted by atomic mass is 9.99. The second-order valence-corrected chi connectivity index (χ2v) is 15.6. The number of hydrogen-bond acceptors (Lipinski definition) is 11. The van der Waals surface area contributed by atoms with Crippen molar-refractivity contribution in [2.24, 2.45) is 0 Å². The molecule has 0 spiro atoms. The standard InChI is InChI=1S/C45H76O12S/c1-3-5-7-9-11-13-15-17-18-19-20-21-23-25-27-29-31-33-35-53-37-39(38-54-45-43(49)44(57-58(50,51)52)42(48)40(36-46)56-45)55-41(47)34-32-30-28-26-24-22-16-14-12-10-8-6-4-2/h5,7,11,13-14,16-18,20-21,25,27,39-40,42-46,48-49H,3-4,6,8-10,12,15,19,22-24,26,28-38H2,1-2H3,(H,50,51,52)/b7-5-,13-11-,16-14-,18-17-,21-20-,27-25-. The normalized spacial score (nSPS) is 21.2. The fraction of sp³-hybridized carbons (Fsp3) is 0.711. The van der Waals surface area contributed by atoms with Crippen LogP contribution < -0.4 is 0 Å². The molecule has 6 atom stereocenters. The maximum Gasteiger partial charge on any atom is 0.397 e. The van der Waals surface area contributed by atoms with Crippen molar-refractivity contribution in [3.8, 4) is 0 Å². The van der Waals surface area contributed by atoms with Gasteiger partial charge in [-0.05, 0) is 83.5 Å². The first kappa shape index (κ1) is 53.6. The van der Waals surface area contributed by atoms with Gasteiger partial charge in [-0.15, -0.1) is 0 Å². The summed E-state index contributed by atoms with van der Waals surface area (Å²) >= 11 is 0. The number of hydrogen-bond donors (Lipinski definition) is 4. The highest BCUT2D eigenvalue weighted by Crippen LogP contribution is 2.26. The van der Waals surface area contributed by atoms with Gasteiger partial charge in [-0.25, -0.2) is 4.18 Å². The monoisotopic (exact) mass is 841 g/mol. The Labute approximate surface area is 350 Å². The molecule has 0 aliphatic carbocycles. The largest absolute Gasteiger partial charge is 0.457 e. The van der Waals surface area contributed by atoms with Crippen LogP contribution in [0.4, 0.5) is 0 Å². The molecule has 1 rings (SSSR count). The van der Waals surface area contributed by atoms with E-state index >= 15 is 0 Å². The van der Waals surface area contributed by atoms with Crippen LogP contribution in [0.15, 0.2) is 72.9 Å². The highest BCUT2D eigenvalue weighted by Gasteiger charge is 2.48. The second kappa shape index (κ2) is 36.4. The van der Waals surface area contributed by atoms with Crippen LogP contribution in [0, 0.1) is 0 Å². The topological polar surface area (TPSA) is 178 Å². The molecule has 0 bridgehead atoms. The lowest BCUT2D eigenvalue weighted by molar-refractivity contribution is -0.301. The summed E-state index contributed by atoms with van der Waals surface area (Å²) in [6, 6.07) is 0. The van der Waals surface area contributed by atoms with Crippen LogP contribution in [0.25, 0.3) is 0 Å². The molecular formula is C45H76O12S. The maximum atomic E-state index is 12.8. The van der Waals surface area contributed by atoms with Gasteiger partial charge in [0.25, 0.3) is 0 Å². The van der Waals surface area contributed by atoms with Crippen molar-refractivity contribution in [2.75, 3.05) is 26.4 Å². The van der Waals surface area contributed by atoms with Crippen LogP contribution >= 0.6 is 0 Å². The van der Waals surface area contributed by atoms with Gasteiger partial charge in [0.15, 0.2) is 6.29 Å². The zero-order chi connectivity index (χ0) is 42.5. The molecule has 1 aliphatic rings. The van der Waals surface area contributed by atoms with Gasteiger partial charge in [0.05, 0.1) is 19.8 Å². The lowest BCUT2D eigenvalue weighted by Crippen LogP contribution is -2.60. The van der Waals surface area contributed by atoms with Crippen molar-refractivity contribution in [1.29, 1.82) is 0 Å². The Morgan fingerprint density at radius 1 is 0.672 bits per heavy atom. The van der Waals surface area contributed by atoms with E-state index in [0.717, 1.165) is 89.9 Å². The first-order chi connectivity index (χ1) is 28.1. The van der Waals surface area contributed by atoms with Gasteiger partial charge in [0, 0.05) is 13.0 Å². The lowest BCUT2D eigenvalue weighted by Gasteiger charge is -2.41. The molecule has 0 aromatic carbocycles. The third-order valence-electron chi connectivity index (χ3n) is 9.31. The average molecular weight is 841 g/mol. The van der Waals surface area contributed by atoms with Gasteiger partial charge in [-0.3, -0.25) is 9.35 Å². The first-order valence-electron chi connectivity index (χ1n) is 21.7. The van der Waals surface area contributed by atoms with Gasteiger partial charge in [0.1, 0.15) is 30.5 Å². The van der Waals surface area contributed by atoms with Crippen molar-refractivity contribution in [2.45, 2.75) is 179 Å². The minimum atomic E-state index is -5.07. The number of allylic oxidation sites excluding steroid dienone is 12. The van der Waals surface area contributed by atoms with Crippen molar-refractivity contribution >= 4 is 16.4 Å². The van der Waals surface area contributed by atoms with Gasteiger partial charge < -0.3 is 34.3 Å². The number of carbonyl (C=O) groups is 1. The predicted molar refractivity (Wildman–Crippen MR) is 229 cm³/mol. The summed E-state index contributed by atoms with van der Waals surface area (Å²) in [7, 11) is -5.07. The Bertz CT molecular complexity index is 1290. The SMILES string of the molecule is CC/C=C\C/C=C\C/C=C\C/C=C\C/C=C\CCCCOCC(COC1OC(CO)C(O)C(OS(=O)(=O)O)C1O)OC(=O)CCCCCCC/C=C\CCCCCC. The Kier molecular flexibility index (Phi) is 33.6. The molecule has 6 unspecified atom stereocenters. The van der Waals surface area contributed by atoms with Crippen LogP contribution in [0.5, 0.6) is 0 Å². The summed E-state index contributed by atoms with van der Waals surface area (Å²) < 4.78 is 58.9. The molecule has 1 saturated heterocycles. The van der Waals surface area contributed by atoms with Crippen molar-refractivity contribution in [3.63, 3.8) is 0 Å². The number of esters is 1. The third kappa shape index (κ3) is 29.7. The summed E-state index contributed by atoms with van der Waals surface area (Å²) in [6.07, 6.45) is 36.6. The summed E-state index contributed by atoms with van der Waals surface area (Å²) in [5.41, 5.74) is 0. The Morgan fingerprint density at radius 2 is 1.19 bits per heavy atom. The summed E-state index contributed by atoms with van der Waals surface area (Å²) in [5, 5.41) is 30.6. The molecular weight excluding hydrogens is 765 g/mol. The molecule has 1 heterocycles. The molecule has 58 heavy (non-hydrogen) atoms. The zero-order valence-electron chi connectivity index (χ0n) is 35.3. The third-order valence-corrected chi connectivity index (χ3v) is 9.78. The van der Waals surface area contributed by atoms with Gasteiger partial charge >= 0.3 is 16.4 Å². The average Bonchev–Trinajstić information content (AvgIpc) is 3.19. The minimum absolute atomic E-state index is 0.000646. The number of aliphatic hydroxyl groups is 3. The van der Waals surface area contributed by atoms with Crippen molar-refractivity contribution in [1.82, 2.24) is 0 Å². The van der Waals surface area contributed by atoms with E-state index in [1.807, 2.05) is 0 Å². The van der Waals surface area contributed by atoms with Crippen LogP contribution in [0.3, 0.4) is 0 Å². The fourth-order valence-electron chi connectivity index (χ4n) is 6.04. The van der Waals surface area contributed by atoms with Gasteiger partial charge in [-0.1, -0.05) is 125 Å². The Morgan fingerprint density at radius 3 is 1.76 bits per heavy atom. The number of rotatable bonds is 36. The number of carbonyl (C=O) groups excluding carboxylic acids is 1. The molecule has 4 N–H and O–H groups in total. The molecule has 0 aromatic rings. The molecule has 12 nitrogen and oxygen atoms in total. The van der Waals surface area contributed by atoms with E-state index < -0.39 is 59.8 Å². The highest BCUT2D eigenvalue weighted by molar-refractivity contribution is 7.80. The second-order valence-electron chi connectivity index (χ2n) is 14.5. The quantitative estimate of drug-likeness (QED) is 0.0204. The van der Waals surface area contributed by atoms with E-state index in [2.05, 4.69) is 90.9 Å². The predicted octanol–water partition coefficient (Wildman–Crippen LogP) is 8.74. The van der Waals surface area contributed by atoms with Gasteiger partial charge in [-0.2, -0.15) is 8.42 Å². The van der Waals surface area contributed by atoms with Crippen molar-refractivity contribution in [3.05, 3.63) is 72.9 Å². The molecule has 0 radical (unpaired) electrons. The van der Waals surface area contributed by atoms with E-state index in [9.17, 15) is 28.5 Å². The Balaban J connectivity index is 2.50. The molecule has 0 aromatic heterocycles. The van der Waals surface area contributed by atoms with E-state index in [0.29, 0.717) is 13.0 Å². The number of ether oxygens (including phenoxy) is 4. The molecule has 334 valence electrons. The summed E-state index contributed by atoms with van der Waals surface area (Å²) in [6.45, 7) is 3.71. The zero-order valence-corrected chi connectivity index (χ0v) is 36.1. The number of unbranched alkanes of at least 4 members (excludes halogenated alkanes) is 11. The molecule has 1 fully saturated rings. The fourth-order valence-corrected chi connectivity index (χ4v) is 6.55. The van der Waals surface area contributed by atoms with E-state index in [-0.39, 0.29) is 19.6 Å². The van der Waals surface area contributed by atoms with Crippen LogP contribution in [0.1, 0.15) is 142 Å². The van der Waals surface area contributed by atoms with E-state index in [4.69, 9.17) is 23.5 Å². The molecule has 0 amide bonds. The maximum absolute atomic E-state index is 12.8. The minimum Gasteiger partial charge on any atom is -0.457 e. The summed E-state index contributed by atoms with van der Waals surface area (Å²) in [5.74, 6) is -0.428. The van der Waals surface area contributed by atoms with Crippen LogP contribution in [-0.2, 0) is 38.3 Å². The van der Waals surface area contributed by atoms with E-state index in [1.165, 1.54) is 25.7 Å². The number of aliphatic hydroxyl groups excluding tert-OH is 3. The highest BCUT2D eigenvalue weighted by atomic mass is 32.3. The summed E-state index contributed by atoms with van der Waals surface area (Å²) in [4.78, 5) is 12.8. The van der Waals surface area contributed by atoms with Crippen LogP contribution in [0.2, 0.25) is 0 Å². The molecule has 13 heteroatoms. The van der Waals surface area contributed by atoms with E-state index in [1.54, 1.807) is 0 Å². The molecule has 0 saturated carbocycles. The van der Waals surface area contributed by atoms with Gasteiger partial charge in [0.2, 0.25) is 0 Å². The van der Waals surface area contributed by atoms with Crippen LogP contribution in [-0.4, -0.2) is 97.5 Å².